The molecule has 116 valence electrons. The molecule has 0 aliphatic carbocycles. The summed E-state index contributed by atoms with van der Waals surface area (Å²) in [5, 5.41) is 11.6. The van der Waals surface area contributed by atoms with E-state index in [4.69, 9.17) is 10.00 Å². The molecule has 2 aromatic carbocycles. The van der Waals surface area contributed by atoms with Crippen LogP contribution in [0.25, 0.3) is 0 Å². The van der Waals surface area contributed by atoms with Gasteiger partial charge in [-0.1, -0.05) is 6.07 Å². The Bertz CT molecular complexity index is 791. The van der Waals surface area contributed by atoms with Gasteiger partial charge in [0.05, 0.1) is 23.9 Å². The number of carbonyl (C=O) groups is 2. The molecule has 0 atom stereocenters. The number of hydrogen-bond donors (Lipinski definition) is 1. The van der Waals surface area contributed by atoms with Crippen LogP contribution in [-0.4, -0.2) is 18.3 Å². The van der Waals surface area contributed by atoms with E-state index < -0.39 is 0 Å². The highest BCUT2D eigenvalue weighted by Crippen LogP contribution is 2.27. The third-order valence-electron chi connectivity index (χ3n) is 3.19. The van der Waals surface area contributed by atoms with Crippen molar-refractivity contribution in [1.82, 2.24) is 0 Å². The molecule has 1 amide bonds. The zero-order chi connectivity index (χ0) is 16.8. The Kier molecular flexibility index (Phi) is 5.11. The van der Waals surface area contributed by atoms with Gasteiger partial charge in [-0.05, 0) is 50.2 Å². The Labute approximate surface area is 134 Å². The summed E-state index contributed by atoms with van der Waals surface area (Å²) >= 11 is 0. The number of nitrogens with zero attached hydrogens (tertiary/aromatic N) is 1. The summed E-state index contributed by atoms with van der Waals surface area (Å²) in [6.07, 6.45) is 0. The molecular weight excluding hydrogens is 292 g/mol. The van der Waals surface area contributed by atoms with Crippen LogP contribution in [-0.2, 0) is 0 Å². The van der Waals surface area contributed by atoms with Crippen LogP contribution in [0, 0.1) is 11.3 Å². The molecule has 0 radical (unpaired) electrons. The van der Waals surface area contributed by atoms with E-state index in [2.05, 4.69) is 5.32 Å². The number of anilines is 1. The Morgan fingerprint density at radius 3 is 2.61 bits per heavy atom. The van der Waals surface area contributed by atoms with Crippen LogP contribution in [0.4, 0.5) is 5.69 Å². The van der Waals surface area contributed by atoms with Gasteiger partial charge < -0.3 is 10.1 Å². The number of hydrogen-bond acceptors (Lipinski definition) is 4. The average molecular weight is 308 g/mol. The lowest BCUT2D eigenvalue weighted by Gasteiger charge is -2.12. The fourth-order valence-electron chi connectivity index (χ4n) is 2.05. The van der Waals surface area contributed by atoms with Crippen LogP contribution in [0.15, 0.2) is 42.5 Å². The third-order valence-corrected chi connectivity index (χ3v) is 3.19. The summed E-state index contributed by atoms with van der Waals surface area (Å²) in [5.74, 6) is 0.0149. The van der Waals surface area contributed by atoms with Gasteiger partial charge in [-0.3, -0.25) is 9.59 Å². The van der Waals surface area contributed by atoms with Crippen molar-refractivity contribution < 1.29 is 14.3 Å². The van der Waals surface area contributed by atoms with Gasteiger partial charge in [0.1, 0.15) is 5.75 Å². The molecule has 0 aliphatic heterocycles. The van der Waals surface area contributed by atoms with Crippen molar-refractivity contribution in [3.8, 4) is 11.8 Å². The normalized spacial score (nSPS) is 9.78. The van der Waals surface area contributed by atoms with E-state index in [1.165, 1.54) is 13.0 Å². The monoisotopic (exact) mass is 308 g/mol. The minimum absolute atomic E-state index is 0.102. The molecule has 1 N–H and O–H groups in total. The highest BCUT2D eigenvalue weighted by Gasteiger charge is 2.12. The smallest absolute Gasteiger partial charge is 0.255 e. The second-order valence-electron chi connectivity index (χ2n) is 4.85. The van der Waals surface area contributed by atoms with E-state index in [9.17, 15) is 9.59 Å². The molecule has 0 saturated heterocycles. The Balaban J connectivity index is 2.33. The van der Waals surface area contributed by atoms with Crippen molar-refractivity contribution in [3.05, 3.63) is 59.2 Å². The van der Waals surface area contributed by atoms with Gasteiger partial charge in [0.2, 0.25) is 0 Å². The zero-order valence-corrected chi connectivity index (χ0v) is 12.9. The molecule has 0 bridgehead atoms. The largest absolute Gasteiger partial charge is 0.492 e. The van der Waals surface area contributed by atoms with Gasteiger partial charge >= 0.3 is 0 Å². The summed E-state index contributed by atoms with van der Waals surface area (Å²) in [5.41, 5.74) is 1.67. The Morgan fingerprint density at radius 1 is 1.17 bits per heavy atom. The Hall–Kier alpha value is -3.13. The maximum Gasteiger partial charge on any atom is 0.255 e. The standard InChI is InChI=1S/C18H16N2O3/c1-3-23-17-8-7-14(12(2)21)10-16(17)20-18(22)15-6-4-5-13(9-15)11-19/h4-10H,3H2,1-2H3,(H,20,22). The highest BCUT2D eigenvalue weighted by molar-refractivity contribution is 6.06. The molecule has 2 rings (SSSR count). The molecule has 23 heavy (non-hydrogen) atoms. The van der Waals surface area contributed by atoms with E-state index in [1.807, 2.05) is 13.0 Å². The first-order valence-corrected chi connectivity index (χ1v) is 7.14. The van der Waals surface area contributed by atoms with Crippen LogP contribution in [0.5, 0.6) is 5.75 Å². The molecule has 0 fully saturated rings. The van der Waals surface area contributed by atoms with E-state index >= 15 is 0 Å². The molecule has 5 nitrogen and oxygen atoms in total. The number of nitriles is 1. The maximum atomic E-state index is 12.4. The predicted octanol–water partition coefficient (Wildman–Crippen LogP) is 3.41. The molecule has 2 aromatic rings. The number of amides is 1. The molecule has 0 heterocycles. The van der Waals surface area contributed by atoms with Gasteiger partial charge in [-0.15, -0.1) is 0 Å². The lowest BCUT2D eigenvalue weighted by molar-refractivity contribution is 0.101. The summed E-state index contributed by atoms with van der Waals surface area (Å²) in [6.45, 7) is 3.73. The van der Waals surface area contributed by atoms with Crippen molar-refractivity contribution in [1.29, 1.82) is 5.26 Å². The van der Waals surface area contributed by atoms with Gasteiger partial charge in [-0.2, -0.15) is 5.26 Å². The first-order valence-electron chi connectivity index (χ1n) is 7.14. The van der Waals surface area contributed by atoms with Crippen molar-refractivity contribution in [2.45, 2.75) is 13.8 Å². The van der Waals surface area contributed by atoms with Crippen molar-refractivity contribution in [2.75, 3.05) is 11.9 Å². The molecule has 5 heteroatoms. The summed E-state index contributed by atoms with van der Waals surface area (Å²) < 4.78 is 5.48. The summed E-state index contributed by atoms with van der Waals surface area (Å²) in [6, 6.07) is 13.3. The number of Topliss-reactive ketones (excluding diaryl/α,β-unsaturated/α-hetero) is 1. The number of ketones is 1. The third kappa shape index (κ3) is 3.95. The van der Waals surface area contributed by atoms with Gasteiger partial charge in [0.25, 0.3) is 5.91 Å². The number of nitrogens with one attached hydrogen (secondary N) is 1. The van der Waals surface area contributed by atoms with Crippen molar-refractivity contribution in [3.63, 3.8) is 0 Å². The topological polar surface area (TPSA) is 79.2 Å². The zero-order valence-electron chi connectivity index (χ0n) is 12.9. The van der Waals surface area contributed by atoms with Crippen molar-refractivity contribution in [2.24, 2.45) is 0 Å². The molecular formula is C18H16N2O3. The first kappa shape index (κ1) is 16.2. The molecule has 0 spiro atoms. The molecule has 0 aromatic heterocycles. The fourth-order valence-corrected chi connectivity index (χ4v) is 2.05. The SMILES string of the molecule is CCOc1ccc(C(C)=O)cc1NC(=O)c1cccc(C#N)c1. The number of carbonyl (C=O) groups excluding carboxylic acids is 2. The van der Waals surface area contributed by atoms with Crippen LogP contribution < -0.4 is 10.1 Å². The molecule has 0 saturated carbocycles. The minimum Gasteiger partial charge on any atom is -0.492 e. The fraction of sp³-hybridized carbons (Fsp3) is 0.167. The summed E-state index contributed by atoms with van der Waals surface area (Å²) in [7, 11) is 0. The molecule has 0 unspecified atom stereocenters. The van der Waals surface area contributed by atoms with E-state index in [1.54, 1.807) is 36.4 Å². The number of rotatable bonds is 5. The lowest BCUT2D eigenvalue weighted by atomic mass is 10.1. The van der Waals surface area contributed by atoms with E-state index in [-0.39, 0.29) is 11.7 Å². The van der Waals surface area contributed by atoms with E-state index in [0.29, 0.717) is 34.7 Å². The Morgan fingerprint density at radius 2 is 1.96 bits per heavy atom. The second-order valence-corrected chi connectivity index (χ2v) is 4.85. The van der Waals surface area contributed by atoms with Crippen LogP contribution >= 0.6 is 0 Å². The van der Waals surface area contributed by atoms with Gasteiger partial charge in [-0.25, -0.2) is 0 Å². The van der Waals surface area contributed by atoms with E-state index in [0.717, 1.165) is 0 Å². The van der Waals surface area contributed by atoms with Crippen LogP contribution in [0.3, 0.4) is 0 Å². The predicted molar refractivity (Wildman–Crippen MR) is 86.7 cm³/mol. The summed E-state index contributed by atoms with van der Waals surface area (Å²) in [4.78, 5) is 23.9. The van der Waals surface area contributed by atoms with Crippen molar-refractivity contribution >= 4 is 17.4 Å². The number of benzene rings is 2. The highest BCUT2D eigenvalue weighted by atomic mass is 16.5. The van der Waals surface area contributed by atoms with Gasteiger partial charge in [0, 0.05) is 11.1 Å². The lowest BCUT2D eigenvalue weighted by Crippen LogP contribution is -2.13. The van der Waals surface area contributed by atoms with Crippen LogP contribution in [0.2, 0.25) is 0 Å². The number of ether oxygens (including phenoxy) is 1. The van der Waals surface area contributed by atoms with Gasteiger partial charge in [0.15, 0.2) is 5.78 Å². The maximum absolute atomic E-state index is 12.4. The molecule has 0 aliphatic rings. The quantitative estimate of drug-likeness (QED) is 0.858. The first-order chi connectivity index (χ1) is 11.0. The second kappa shape index (κ2) is 7.23. The average Bonchev–Trinajstić information content (AvgIpc) is 2.56. The van der Waals surface area contributed by atoms with Crippen LogP contribution in [0.1, 0.15) is 40.1 Å². The minimum atomic E-state index is -0.372.